The van der Waals surface area contributed by atoms with E-state index in [0.29, 0.717) is 17.7 Å². The lowest BCUT2D eigenvalue weighted by atomic mass is 9.97. The van der Waals surface area contributed by atoms with Crippen LogP contribution in [-0.2, 0) is 6.54 Å². The molecule has 0 aromatic heterocycles. The highest BCUT2D eigenvalue weighted by Gasteiger charge is 2.13. The second-order valence-corrected chi connectivity index (χ2v) is 4.69. The SMILES string of the molecule is CCNCc1ccc(C)cc1-c1cc(F)c(F)c(F)c1. The lowest BCUT2D eigenvalue weighted by Gasteiger charge is -2.12. The molecule has 0 aliphatic carbocycles. The molecule has 0 aliphatic heterocycles. The molecule has 0 saturated heterocycles. The smallest absolute Gasteiger partial charge is 0.194 e. The van der Waals surface area contributed by atoms with E-state index in [4.69, 9.17) is 0 Å². The number of rotatable bonds is 4. The third kappa shape index (κ3) is 3.02. The van der Waals surface area contributed by atoms with Crippen molar-refractivity contribution in [3.8, 4) is 11.1 Å². The standard InChI is InChI=1S/C16H16F3N/c1-3-20-9-11-5-4-10(2)6-13(11)12-7-14(17)16(19)15(18)8-12/h4-8,20H,3,9H2,1-2H3. The Kier molecular flexibility index (Phi) is 4.45. The third-order valence-corrected chi connectivity index (χ3v) is 3.13. The van der Waals surface area contributed by atoms with Gasteiger partial charge in [0.2, 0.25) is 0 Å². The van der Waals surface area contributed by atoms with Gasteiger partial charge in [-0.05, 0) is 42.3 Å². The Morgan fingerprint density at radius 2 is 1.65 bits per heavy atom. The van der Waals surface area contributed by atoms with Crippen molar-refractivity contribution in [3.05, 3.63) is 58.9 Å². The molecule has 1 N–H and O–H groups in total. The highest BCUT2D eigenvalue weighted by molar-refractivity contribution is 5.68. The van der Waals surface area contributed by atoms with E-state index >= 15 is 0 Å². The second-order valence-electron chi connectivity index (χ2n) is 4.69. The molecule has 0 fully saturated rings. The van der Waals surface area contributed by atoms with E-state index in [1.165, 1.54) is 0 Å². The number of hydrogen-bond acceptors (Lipinski definition) is 1. The van der Waals surface area contributed by atoms with Crippen LogP contribution in [0.4, 0.5) is 13.2 Å². The first-order valence-electron chi connectivity index (χ1n) is 6.48. The van der Waals surface area contributed by atoms with E-state index in [-0.39, 0.29) is 0 Å². The van der Waals surface area contributed by atoms with E-state index in [1.54, 1.807) is 0 Å². The first-order valence-corrected chi connectivity index (χ1v) is 6.48. The van der Waals surface area contributed by atoms with Crippen molar-refractivity contribution in [1.82, 2.24) is 5.32 Å². The Hall–Kier alpha value is -1.81. The maximum atomic E-state index is 13.4. The molecule has 0 bridgehead atoms. The molecule has 4 heteroatoms. The lowest BCUT2D eigenvalue weighted by molar-refractivity contribution is 0.447. The zero-order valence-electron chi connectivity index (χ0n) is 11.4. The van der Waals surface area contributed by atoms with Gasteiger partial charge in [0.25, 0.3) is 0 Å². The summed E-state index contributed by atoms with van der Waals surface area (Å²) in [6.45, 7) is 5.26. The molecule has 0 spiro atoms. The second kappa shape index (κ2) is 6.09. The Labute approximate surface area is 116 Å². The van der Waals surface area contributed by atoms with Crippen molar-refractivity contribution in [3.63, 3.8) is 0 Å². The molecule has 20 heavy (non-hydrogen) atoms. The lowest BCUT2D eigenvalue weighted by Crippen LogP contribution is -2.12. The summed E-state index contributed by atoms with van der Waals surface area (Å²) in [5, 5.41) is 3.17. The van der Waals surface area contributed by atoms with E-state index in [0.717, 1.165) is 29.8 Å². The van der Waals surface area contributed by atoms with Gasteiger partial charge in [-0.1, -0.05) is 30.7 Å². The van der Waals surface area contributed by atoms with Gasteiger partial charge < -0.3 is 5.32 Å². The molecular formula is C16H16F3N. The molecular weight excluding hydrogens is 263 g/mol. The fourth-order valence-electron chi connectivity index (χ4n) is 2.08. The van der Waals surface area contributed by atoms with Crippen LogP contribution in [-0.4, -0.2) is 6.54 Å². The summed E-state index contributed by atoms with van der Waals surface area (Å²) in [4.78, 5) is 0. The summed E-state index contributed by atoms with van der Waals surface area (Å²) in [7, 11) is 0. The van der Waals surface area contributed by atoms with Crippen LogP contribution in [0.25, 0.3) is 11.1 Å². The van der Waals surface area contributed by atoms with Gasteiger partial charge in [0, 0.05) is 6.54 Å². The molecule has 0 aliphatic rings. The van der Waals surface area contributed by atoms with Crippen molar-refractivity contribution in [2.45, 2.75) is 20.4 Å². The normalized spacial score (nSPS) is 10.8. The molecule has 0 heterocycles. The van der Waals surface area contributed by atoms with Crippen LogP contribution in [0.5, 0.6) is 0 Å². The first kappa shape index (κ1) is 14.6. The minimum Gasteiger partial charge on any atom is -0.313 e. The zero-order valence-corrected chi connectivity index (χ0v) is 11.4. The van der Waals surface area contributed by atoms with Gasteiger partial charge >= 0.3 is 0 Å². The van der Waals surface area contributed by atoms with Crippen molar-refractivity contribution < 1.29 is 13.2 Å². The Morgan fingerprint density at radius 3 is 2.25 bits per heavy atom. The van der Waals surface area contributed by atoms with Crippen molar-refractivity contribution in [2.75, 3.05) is 6.54 Å². The number of benzene rings is 2. The van der Waals surface area contributed by atoms with Crippen LogP contribution < -0.4 is 5.32 Å². The van der Waals surface area contributed by atoms with Gasteiger partial charge in [-0.3, -0.25) is 0 Å². The molecule has 2 aromatic carbocycles. The first-order chi connectivity index (χ1) is 9.52. The molecule has 0 unspecified atom stereocenters. The minimum absolute atomic E-state index is 0.345. The maximum Gasteiger partial charge on any atom is 0.194 e. The molecule has 2 aromatic rings. The molecule has 0 atom stereocenters. The van der Waals surface area contributed by atoms with E-state index in [2.05, 4.69) is 5.32 Å². The molecule has 2 rings (SSSR count). The van der Waals surface area contributed by atoms with Crippen molar-refractivity contribution in [2.24, 2.45) is 0 Å². The van der Waals surface area contributed by atoms with E-state index in [9.17, 15) is 13.2 Å². The van der Waals surface area contributed by atoms with Gasteiger partial charge in [-0.25, -0.2) is 13.2 Å². The van der Waals surface area contributed by atoms with Crippen molar-refractivity contribution in [1.29, 1.82) is 0 Å². The van der Waals surface area contributed by atoms with E-state index in [1.807, 2.05) is 32.0 Å². The highest BCUT2D eigenvalue weighted by atomic mass is 19.2. The quantitative estimate of drug-likeness (QED) is 0.827. The van der Waals surface area contributed by atoms with Crippen LogP contribution in [0.1, 0.15) is 18.1 Å². The molecule has 106 valence electrons. The predicted octanol–water partition coefficient (Wildman–Crippen LogP) is 4.19. The highest BCUT2D eigenvalue weighted by Crippen LogP contribution is 2.28. The Bertz CT molecular complexity index is 600. The molecule has 0 amide bonds. The summed E-state index contributed by atoms with van der Waals surface area (Å²) in [6, 6.07) is 7.75. The average molecular weight is 279 g/mol. The topological polar surface area (TPSA) is 12.0 Å². The van der Waals surface area contributed by atoms with Crippen LogP contribution in [0.2, 0.25) is 0 Å². The summed E-state index contributed by atoms with van der Waals surface area (Å²) in [6.07, 6.45) is 0. The fraction of sp³-hybridized carbons (Fsp3) is 0.250. The monoisotopic (exact) mass is 279 g/mol. The van der Waals surface area contributed by atoms with Crippen LogP contribution in [0, 0.1) is 24.4 Å². The van der Waals surface area contributed by atoms with Gasteiger partial charge in [0.1, 0.15) is 0 Å². The summed E-state index contributed by atoms with van der Waals surface area (Å²) < 4.78 is 39.8. The minimum atomic E-state index is -1.44. The Morgan fingerprint density at radius 1 is 1.00 bits per heavy atom. The molecule has 0 saturated carbocycles. The largest absolute Gasteiger partial charge is 0.313 e. The number of hydrogen-bond donors (Lipinski definition) is 1. The van der Waals surface area contributed by atoms with Crippen LogP contribution in [0.3, 0.4) is 0 Å². The van der Waals surface area contributed by atoms with E-state index < -0.39 is 17.5 Å². The Balaban J connectivity index is 2.53. The van der Waals surface area contributed by atoms with Crippen molar-refractivity contribution >= 4 is 0 Å². The van der Waals surface area contributed by atoms with Crippen LogP contribution in [0.15, 0.2) is 30.3 Å². The summed E-state index contributed by atoms with van der Waals surface area (Å²) in [5.41, 5.74) is 2.95. The average Bonchev–Trinajstić information content (AvgIpc) is 2.43. The van der Waals surface area contributed by atoms with Gasteiger partial charge in [-0.2, -0.15) is 0 Å². The third-order valence-electron chi connectivity index (χ3n) is 3.13. The van der Waals surface area contributed by atoms with Gasteiger partial charge in [0.15, 0.2) is 17.5 Å². The zero-order chi connectivity index (χ0) is 14.7. The predicted molar refractivity (Wildman–Crippen MR) is 73.9 cm³/mol. The molecule has 1 nitrogen and oxygen atoms in total. The van der Waals surface area contributed by atoms with Gasteiger partial charge in [-0.15, -0.1) is 0 Å². The molecule has 0 radical (unpaired) electrons. The number of aryl methyl sites for hydroxylation is 1. The number of halogens is 3. The van der Waals surface area contributed by atoms with Crippen LogP contribution >= 0.6 is 0 Å². The van der Waals surface area contributed by atoms with Gasteiger partial charge in [0.05, 0.1) is 0 Å². The summed E-state index contributed by atoms with van der Waals surface area (Å²) in [5.74, 6) is -3.78. The summed E-state index contributed by atoms with van der Waals surface area (Å²) >= 11 is 0. The fourth-order valence-corrected chi connectivity index (χ4v) is 2.08. The number of nitrogens with one attached hydrogen (secondary N) is 1. The maximum absolute atomic E-state index is 13.4.